The van der Waals surface area contributed by atoms with Crippen LogP contribution in [0.25, 0.3) is 5.78 Å². The standard InChI is InChI=1S/C12H17N5O2/c1-12(2,3)19-10(18)8-6-14-11-15-9(4-5-13)16-17(11)7-8/h6-7H,4-5,13H2,1-3H3. The minimum Gasteiger partial charge on any atom is -0.456 e. The third kappa shape index (κ3) is 3.25. The number of fused-ring (bicyclic) bond motifs is 1. The number of nitrogens with zero attached hydrogens (tertiary/aromatic N) is 4. The summed E-state index contributed by atoms with van der Waals surface area (Å²) in [6.45, 7) is 5.90. The Morgan fingerprint density at radius 2 is 2.21 bits per heavy atom. The minimum atomic E-state index is -0.543. The number of esters is 1. The monoisotopic (exact) mass is 263 g/mol. The molecule has 0 radical (unpaired) electrons. The lowest BCUT2D eigenvalue weighted by Gasteiger charge is -2.19. The van der Waals surface area contributed by atoms with Crippen molar-refractivity contribution in [2.45, 2.75) is 32.8 Å². The molecule has 0 fully saturated rings. The number of hydrogen-bond acceptors (Lipinski definition) is 6. The zero-order chi connectivity index (χ0) is 14.0. The molecule has 0 bridgehead atoms. The van der Waals surface area contributed by atoms with Crippen LogP contribution in [0.1, 0.15) is 37.0 Å². The summed E-state index contributed by atoms with van der Waals surface area (Å²) in [5.74, 6) is 0.616. The highest BCUT2D eigenvalue weighted by molar-refractivity contribution is 5.89. The third-order valence-electron chi connectivity index (χ3n) is 2.24. The van der Waals surface area contributed by atoms with Gasteiger partial charge in [-0.1, -0.05) is 0 Å². The second kappa shape index (κ2) is 4.93. The molecule has 0 amide bonds. The van der Waals surface area contributed by atoms with Crippen molar-refractivity contribution in [3.8, 4) is 0 Å². The van der Waals surface area contributed by atoms with Crippen LogP contribution in [0.15, 0.2) is 12.4 Å². The van der Waals surface area contributed by atoms with Crippen molar-refractivity contribution in [1.82, 2.24) is 19.6 Å². The molecule has 0 aliphatic rings. The lowest BCUT2D eigenvalue weighted by molar-refractivity contribution is 0.00684. The van der Waals surface area contributed by atoms with Crippen molar-refractivity contribution >= 4 is 11.7 Å². The third-order valence-corrected chi connectivity index (χ3v) is 2.24. The molecule has 7 nitrogen and oxygen atoms in total. The summed E-state index contributed by atoms with van der Waals surface area (Å²) in [5, 5.41) is 4.20. The van der Waals surface area contributed by atoms with E-state index in [0.29, 0.717) is 30.1 Å². The Morgan fingerprint density at radius 3 is 2.84 bits per heavy atom. The maximum atomic E-state index is 11.9. The summed E-state index contributed by atoms with van der Waals surface area (Å²) in [6.07, 6.45) is 3.57. The van der Waals surface area contributed by atoms with Crippen LogP contribution in [0.5, 0.6) is 0 Å². The van der Waals surface area contributed by atoms with Crippen LogP contribution in [0.4, 0.5) is 0 Å². The van der Waals surface area contributed by atoms with Gasteiger partial charge in [-0.2, -0.15) is 4.98 Å². The number of ether oxygens (including phenoxy) is 1. The number of carbonyl (C=O) groups is 1. The van der Waals surface area contributed by atoms with Gasteiger partial charge in [-0.25, -0.2) is 14.3 Å². The number of aromatic nitrogens is 4. The molecule has 2 rings (SSSR count). The topological polar surface area (TPSA) is 95.4 Å². The molecule has 7 heteroatoms. The highest BCUT2D eigenvalue weighted by Gasteiger charge is 2.19. The zero-order valence-corrected chi connectivity index (χ0v) is 11.3. The van der Waals surface area contributed by atoms with E-state index < -0.39 is 11.6 Å². The van der Waals surface area contributed by atoms with Gasteiger partial charge in [0, 0.05) is 18.8 Å². The molecule has 2 N–H and O–H groups in total. The van der Waals surface area contributed by atoms with Gasteiger partial charge < -0.3 is 10.5 Å². The van der Waals surface area contributed by atoms with Gasteiger partial charge in [0.1, 0.15) is 5.60 Å². The van der Waals surface area contributed by atoms with E-state index in [1.165, 1.54) is 10.7 Å². The van der Waals surface area contributed by atoms with Gasteiger partial charge in [-0.15, -0.1) is 5.10 Å². The number of nitrogens with two attached hydrogens (primary N) is 1. The number of carbonyl (C=O) groups excluding carboxylic acids is 1. The zero-order valence-electron chi connectivity index (χ0n) is 11.3. The van der Waals surface area contributed by atoms with E-state index in [-0.39, 0.29) is 0 Å². The first-order valence-electron chi connectivity index (χ1n) is 6.04. The molecule has 2 aromatic rings. The highest BCUT2D eigenvalue weighted by atomic mass is 16.6. The van der Waals surface area contributed by atoms with Crippen molar-refractivity contribution in [2.24, 2.45) is 5.73 Å². The molecular weight excluding hydrogens is 246 g/mol. The summed E-state index contributed by atoms with van der Waals surface area (Å²) in [6, 6.07) is 0. The van der Waals surface area contributed by atoms with Crippen molar-refractivity contribution in [2.75, 3.05) is 6.54 Å². The van der Waals surface area contributed by atoms with Gasteiger partial charge in [0.25, 0.3) is 5.78 Å². The van der Waals surface area contributed by atoms with Crippen LogP contribution >= 0.6 is 0 Å². The van der Waals surface area contributed by atoms with E-state index in [9.17, 15) is 4.79 Å². The molecular formula is C12H17N5O2. The fourth-order valence-electron chi connectivity index (χ4n) is 1.50. The quantitative estimate of drug-likeness (QED) is 0.814. The van der Waals surface area contributed by atoms with Crippen LogP contribution in [0.2, 0.25) is 0 Å². The van der Waals surface area contributed by atoms with Crippen molar-refractivity contribution in [1.29, 1.82) is 0 Å². The molecule has 102 valence electrons. The van der Waals surface area contributed by atoms with E-state index in [2.05, 4.69) is 15.1 Å². The summed E-state index contributed by atoms with van der Waals surface area (Å²) in [5.41, 5.74) is 5.24. The number of rotatable bonds is 3. The van der Waals surface area contributed by atoms with E-state index >= 15 is 0 Å². The molecule has 0 aliphatic carbocycles. The van der Waals surface area contributed by atoms with Crippen molar-refractivity contribution in [3.63, 3.8) is 0 Å². The molecule has 0 aromatic carbocycles. The van der Waals surface area contributed by atoms with Crippen molar-refractivity contribution in [3.05, 3.63) is 23.8 Å². The Kier molecular flexibility index (Phi) is 3.48. The lowest BCUT2D eigenvalue weighted by atomic mass is 10.2. The van der Waals surface area contributed by atoms with E-state index in [1.807, 2.05) is 20.8 Å². The Hall–Kier alpha value is -2.02. The predicted molar refractivity (Wildman–Crippen MR) is 68.7 cm³/mol. The lowest BCUT2D eigenvalue weighted by Crippen LogP contribution is -2.24. The molecule has 19 heavy (non-hydrogen) atoms. The SMILES string of the molecule is CC(C)(C)OC(=O)c1cnc2nc(CCN)nn2c1. The average Bonchev–Trinajstić information content (AvgIpc) is 2.68. The molecule has 0 saturated heterocycles. The molecule has 0 atom stereocenters. The first-order valence-corrected chi connectivity index (χ1v) is 6.04. The molecule has 0 saturated carbocycles. The fraction of sp³-hybridized carbons (Fsp3) is 0.500. The summed E-state index contributed by atoms with van der Waals surface area (Å²) in [7, 11) is 0. The van der Waals surface area contributed by atoms with Crippen LogP contribution < -0.4 is 5.73 Å². The minimum absolute atomic E-state index is 0.339. The second-order valence-corrected chi connectivity index (χ2v) is 5.16. The molecule has 0 aliphatic heterocycles. The Morgan fingerprint density at radius 1 is 1.47 bits per heavy atom. The van der Waals surface area contributed by atoms with Gasteiger partial charge in [-0.05, 0) is 27.3 Å². The first kappa shape index (κ1) is 13.4. The maximum Gasteiger partial charge on any atom is 0.341 e. The summed E-state index contributed by atoms with van der Waals surface area (Å²) >= 11 is 0. The van der Waals surface area contributed by atoms with E-state index in [4.69, 9.17) is 10.5 Å². The van der Waals surface area contributed by atoms with Gasteiger partial charge in [-0.3, -0.25) is 0 Å². The molecule has 2 heterocycles. The smallest absolute Gasteiger partial charge is 0.341 e. The second-order valence-electron chi connectivity index (χ2n) is 5.16. The van der Waals surface area contributed by atoms with Gasteiger partial charge in [0.2, 0.25) is 0 Å². The van der Waals surface area contributed by atoms with Crippen LogP contribution in [-0.2, 0) is 11.2 Å². The number of hydrogen-bond donors (Lipinski definition) is 1. The normalized spacial score (nSPS) is 11.8. The summed E-state index contributed by atoms with van der Waals surface area (Å²) in [4.78, 5) is 20.2. The maximum absolute atomic E-state index is 11.9. The van der Waals surface area contributed by atoms with Crippen molar-refractivity contribution < 1.29 is 9.53 Å². The first-order chi connectivity index (χ1) is 8.89. The Labute approximate surface area is 110 Å². The molecule has 2 aromatic heterocycles. The Bertz CT molecular complexity index is 600. The fourth-order valence-corrected chi connectivity index (χ4v) is 1.50. The average molecular weight is 263 g/mol. The van der Waals surface area contributed by atoms with Gasteiger partial charge in [0.05, 0.1) is 5.56 Å². The highest BCUT2D eigenvalue weighted by Crippen LogP contribution is 2.11. The van der Waals surface area contributed by atoms with Gasteiger partial charge in [0.15, 0.2) is 5.82 Å². The van der Waals surface area contributed by atoms with E-state index in [0.717, 1.165) is 0 Å². The van der Waals surface area contributed by atoms with Crippen LogP contribution in [-0.4, -0.2) is 37.7 Å². The van der Waals surface area contributed by atoms with Crippen LogP contribution in [0, 0.1) is 0 Å². The molecule has 0 unspecified atom stereocenters. The van der Waals surface area contributed by atoms with Gasteiger partial charge >= 0.3 is 5.97 Å². The molecule has 0 spiro atoms. The van der Waals surface area contributed by atoms with E-state index in [1.54, 1.807) is 6.20 Å². The van der Waals surface area contributed by atoms with Crippen LogP contribution in [0.3, 0.4) is 0 Å². The largest absolute Gasteiger partial charge is 0.456 e. The Balaban J connectivity index is 2.28. The predicted octanol–water partition coefficient (Wildman–Crippen LogP) is 0.581. The summed E-state index contributed by atoms with van der Waals surface area (Å²) < 4.78 is 6.73.